The van der Waals surface area contributed by atoms with Crippen LogP contribution in [0.3, 0.4) is 0 Å². The molecule has 30 heavy (non-hydrogen) atoms. The molecule has 0 fully saturated rings. The van der Waals surface area contributed by atoms with Crippen molar-refractivity contribution in [3.8, 4) is 11.5 Å². The second kappa shape index (κ2) is 10.2. The molecule has 0 radical (unpaired) electrons. The standard InChI is InChI=1S/C23H23NO6/c1-16-20(23(25)27-3)12-19(30-16)15-29-24-13-18-9-10-21(22(11-18)26-2)28-14-17-7-5-4-6-8-17/h4-13H,14-15H2,1-3H3/b24-13+. The minimum Gasteiger partial charge on any atom is -0.493 e. The molecule has 7 heteroatoms. The molecule has 1 aromatic heterocycles. The van der Waals surface area contributed by atoms with Gasteiger partial charge in [-0.25, -0.2) is 4.79 Å². The number of hydrogen-bond acceptors (Lipinski definition) is 7. The molecular formula is C23H23NO6. The Hall–Kier alpha value is -3.74. The number of oxime groups is 1. The van der Waals surface area contributed by atoms with Gasteiger partial charge in [0.05, 0.1) is 20.4 Å². The van der Waals surface area contributed by atoms with Crippen molar-refractivity contribution in [1.29, 1.82) is 0 Å². The zero-order chi connectivity index (χ0) is 21.3. The van der Waals surface area contributed by atoms with Crippen molar-refractivity contribution >= 4 is 12.2 Å². The molecule has 0 spiro atoms. The van der Waals surface area contributed by atoms with Gasteiger partial charge in [-0.15, -0.1) is 0 Å². The van der Waals surface area contributed by atoms with Crippen LogP contribution in [0.1, 0.15) is 33.0 Å². The highest BCUT2D eigenvalue weighted by Crippen LogP contribution is 2.28. The average Bonchev–Trinajstić information content (AvgIpc) is 3.16. The van der Waals surface area contributed by atoms with Crippen molar-refractivity contribution in [2.45, 2.75) is 20.1 Å². The van der Waals surface area contributed by atoms with E-state index in [1.807, 2.05) is 42.5 Å². The topological polar surface area (TPSA) is 79.5 Å². The van der Waals surface area contributed by atoms with Gasteiger partial charge < -0.3 is 23.5 Å². The van der Waals surface area contributed by atoms with E-state index in [-0.39, 0.29) is 6.61 Å². The Kier molecular flexibility index (Phi) is 7.10. The summed E-state index contributed by atoms with van der Waals surface area (Å²) in [5, 5.41) is 3.94. The summed E-state index contributed by atoms with van der Waals surface area (Å²) in [5.74, 6) is 1.74. The van der Waals surface area contributed by atoms with Crippen LogP contribution in [0.15, 0.2) is 64.2 Å². The molecule has 7 nitrogen and oxygen atoms in total. The summed E-state index contributed by atoms with van der Waals surface area (Å²) < 4.78 is 21.4. The minimum absolute atomic E-state index is 0.0870. The molecule has 0 aliphatic heterocycles. The number of ether oxygens (including phenoxy) is 3. The van der Waals surface area contributed by atoms with Crippen molar-refractivity contribution in [2.24, 2.45) is 5.16 Å². The maximum absolute atomic E-state index is 11.6. The second-order valence-corrected chi connectivity index (χ2v) is 6.37. The van der Waals surface area contributed by atoms with Gasteiger partial charge in [0, 0.05) is 5.56 Å². The quantitative estimate of drug-likeness (QED) is 0.294. The molecule has 2 aromatic carbocycles. The van der Waals surface area contributed by atoms with Crippen LogP contribution in [-0.4, -0.2) is 26.4 Å². The highest BCUT2D eigenvalue weighted by Gasteiger charge is 2.15. The van der Waals surface area contributed by atoms with Gasteiger partial charge in [0.2, 0.25) is 0 Å². The van der Waals surface area contributed by atoms with Crippen LogP contribution in [0.25, 0.3) is 0 Å². The maximum Gasteiger partial charge on any atom is 0.341 e. The average molecular weight is 409 g/mol. The third kappa shape index (κ3) is 5.41. The van der Waals surface area contributed by atoms with Crippen LogP contribution in [0.2, 0.25) is 0 Å². The van der Waals surface area contributed by atoms with E-state index in [1.165, 1.54) is 7.11 Å². The first-order valence-corrected chi connectivity index (χ1v) is 9.28. The number of nitrogens with zero attached hydrogens (tertiary/aromatic N) is 1. The summed E-state index contributed by atoms with van der Waals surface area (Å²) in [6, 6.07) is 17.0. The first-order valence-electron chi connectivity index (χ1n) is 9.28. The number of carbonyl (C=O) groups is 1. The Morgan fingerprint density at radius 1 is 1.03 bits per heavy atom. The number of esters is 1. The SMILES string of the molecule is COC(=O)c1cc(CO/N=C/c2ccc(OCc3ccccc3)c(OC)c2)oc1C. The van der Waals surface area contributed by atoms with Crippen molar-refractivity contribution < 1.29 is 28.3 Å². The van der Waals surface area contributed by atoms with Gasteiger partial charge in [0.1, 0.15) is 23.7 Å². The predicted molar refractivity (Wildman–Crippen MR) is 111 cm³/mol. The number of carbonyl (C=O) groups excluding carboxylic acids is 1. The number of rotatable bonds is 9. The molecule has 0 unspecified atom stereocenters. The van der Waals surface area contributed by atoms with Crippen molar-refractivity contribution in [3.05, 3.63) is 82.8 Å². The largest absolute Gasteiger partial charge is 0.493 e. The molecule has 0 N–H and O–H groups in total. The van der Waals surface area contributed by atoms with Gasteiger partial charge in [-0.05, 0) is 36.8 Å². The van der Waals surface area contributed by atoms with Crippen LogP contribution in [-0.2, 0) is 22.8 Å². The van der Waals surface area contributed by atoms with E-state index in [2.05, 4.69) is 5.16 Å². The molecular weight excluding hydrogens is 386 g/mol. The summed E-state index contributed by atoms with van der Waals surface area (Å²) in [6.07, 6.45) is 1.56. The zero-order valence-corrected chi connectivity index (χ0v) is 17.1. The van der Waals surface area contributed by atoms with Gasteiger partial charge in [0.25, 0.3) is 0 Å². The van der Waals surface area contributed by atoms with Crippen LogP contribution >= 0.6 is 0 Å². The Bertz CT molecular complexity index is 1010. The lowest BCUT2D eigenvalue weighted by molar-refractivity contribution is 0.0599. The summed E-state index contributed by atoms with van der Waals surface area (Å²) in [4.78, 5) is 16.9. The normalized spacial score (nSPS) is 10.8. The van der Waals surface area contributed by atoms with Crippen LogP contribution in [0, 0.1) is 6.92 Å². The van der Waals surface area contributed by atoms with E-state index < -0.39 is 5.97 Å². The van der Waals surface area contributed by atoms with Crippen molar-refractivity contribution in [1.82, 2.24) is 0 Å². The molecule has 0 atom stereocenters. The van der Waals surface area contributed by atoms with E-state index in [4.69, 9.17) is 23.5 Å². The fourth-order valence-electron chi connectivity index (χ4n) is 2.75. The molecule has 0 saturated carbocycles. The smallest absolute Gasteiger partial charge is 0.341 e. The summed E-state index contributed by atoms with van der Waals surface area (Å²) in [7, 11) is 2.90. The molecule has 0 aliphatic carbocycles. The lowest BCUT2D eigenvalue weighted by Crippen LogP contribution is -2.00. The molecule has 0 saturated heterocycles. The fourth-order valence-corrected chi connectivity index (χ4v) is 2.75. The Balaban J connectivity index is 1.57. The highest BCUT2D eigenvalue weighted by atomic mass is 16.6. The van der Waals surface area contributed by atoms with E-state index >= 15 is 0 Å². The van der Waals surface area contributed by atoms with Crippen molar-refractivity contribution in [2.75, 3.05) is 14.2 Å². The molecule has 1 heterocycles. The van der Waals surface area contributed by atoms with Gasteiger partial charge >= 0.3 is 5.97 Å². The van der Waals surface area contributed by atoms with E-state index in [0.29, 0.717) is 35.2 Å². The molecule has 3 rings (SSSR count). The van der Waals surface area contributed by atoms with Crippen molar-refractivity contribution in [3.63, 3.8) is 0 Å². The van der Waals surface area contributed by atoms with Gasteiger partial charge in [-0.2, -0.15) is 0 Å². The summed E-state index contributed by atoms with van der Waals surface area (Å²) in [5.41, 5.74) is 2.22. The molecule has 0 bridgehead atoms. The minimum atomic E-state index is -0.451. The first-order chi connectivity index (χ1) is 14.6. The number of methoxy groups -OCH3 is 2. The number of benzene rings is 2. The highest BCUT2D eigenvalue weighted by molar-refractivity contribution is 5.90. The molecule has 0 aliphatic rings. The molecule has 156 valence electrons. The number of aryl methyl sites for hydroxylation is 1. The summed E-state index contributed by atoms with van der Waals surface area (Å²) >= 11 is 0. The van der Waals surface area contributed by atoms with E-state index in [0.717, 1.165) is 11.1 Å². The maximum atomic E-state index is 11.6. The third-order valence-corrected chi connectivity index (χ3v) is 4.28. The monoisotopic (exact) mass is 409 g/mol. The van der Waals surface area contributed by atoms with E-state index in [1.54, 1.807) is 32.4 Å². The number of hydrogen-bond donors (Lipinski definition) is 0. The second-order valence-electron chi connectivity index (χ2n) is 6.37. The van der Waals surface area contributed by atoms with Gasteiger partial charge in [-0.3, -0.25) is 0 Å². The van der Waals surface area contributed by atoms with Crippen LogP contribution < -0.4 is 9.47 Å². The van der Waals surface area contributed by atoms with Gasteiger partial charge in [0.15, 0.2) is 18.1 Å². The fraction of sp³-hybridized carbons (Fsp3) is 0.217. The Morgan fingerprint density at radius 2 is 1.83 bits per heavy atom. The third-order valence-electron chi connectivity index (χ3n) is 4.28. The Morgan fingerprint density at radius 3 is 2.57 bits per heavy atom. The lowest BCUT2D eigenvalue weighted by atomic mass is 10.2. The summed E-state index contributed by atoms with van der Waals surface area (Å²) in [6.45, 7) is 2.22. The number of furan rings is 1. The first kappa shape index (κ1) is 21.0. The van der Waals surface area contributed by atoms with Crippen LogP contribution in [0.5, 0.6) is 11.5 Å². The lowest BCUT2D eigenvalue weighted by Gasteiger charge is -2.11. The predicted octanol–water partition coefficient (Wildman–Crippen LogP) is 4.51. The molecule has 3 aromatic rings. The molecule has 0 amide bonds. The van der Waals surface area contributed by atoms with E-state index in [9.17, 15) is 4.79 Å². The Labute approximate surface area is 174 Å². The van der Waals surface area contributed by atoms with Crippen LogP contribution in [0.4, 0.5) is 0 Å². The zero-order valence-electron chi connectivity index (χ0n) is 17.1. The van der Waals surface area contributed by atoms with Gasteiger partial charge in [-0.1, -0.05) is 35.5 Å².